The van der Waals surface area contributed by atoms with Gasteiger partial charge in [0.25, 0.3) is 0 Å². The van der Waals surface area contributed by atoms with Gasteiger partial charge in [0.05, 0.1) is 13.2 Å². The lowest BCUT2D eigenvalue weighted by atomic mass is 10.0. The van der Waals surface area contributed by atoms with Crippen LogP contribution in [0.15, 0.2) is 67.0 Å². The van der Waals surface area contributed by atoms with E-state index in [1.54, 1.807) is 36.4 Å². The first-order chi connectivity index (χ1) is 16.5. The van der Waals surface area contributed by atoms with Crippen LogP contribution in [0, 0.1) is 0 Å². The van der Waals surface area contributed by atoms with E-state index in [9.17, 15) is 14.4 Å². The summed E-state index contributed by atoms with van der Waals surface area (Å²) in [6.07, 6.45) is 3.84. The van der Waals surface area contributed by atoms with Gasteiger partial charge in [0.1, 0.15) is 33.8 Å². The Labute approximate surface area is 195 Å². The molecule has 7 nitrogen and oxygen atoms in total. The number of hydrogen-bond donors (Lipinski definition) is 0. The maximum Gasteiger partial charge on any atom is 0.347 e. The Morgan fingerprint density at radius 3 is 1.56 bits per heavy atom. The fourth-order valence-electron chi connectivity index (χ4n) is 3.49. The number of fused-ring (bicyclic) bond motifs is 2. The number of hydrogen-bond acceptors (Lipinski definition) is 7. The summed E-state index contributed by atoms with van der Waals surface area (Å²) in [5.74, 6) is 0.408. The maximum atomic E-state index is 13.1. The number of unbranched alkanes of at least 4 members (excludes halogenated alkanes) is 2. The number of carbonyl (C=O) groups excluding carboxylic acids is 1. The fraction of sp³-hybridized carbons (Fsp3) is 0.296. The molecule has 4 aromatic rings. The van der Waals surface area contributed by atoms with Gasteiger partial charge >= 0.3 is 11.3 Å². The molecule has 0 radical (unpaired) electrons. The molecule has 0 aliphatic rings. The van der Waals surface area contributed by atoms with Gasteiger partial charge in [-0.1, -0.05) is 26.7 Å². The van der Waals surface area contributed by atoms with E-state index >= 15 is 0 Å². The van der Waals surface area contributed by atoms with E-state index in [2.05, 4.69) is 13.8 Å². The number of ketones is 1. The molecule has 0 N–H and O–H groups in total. The van der Waals surface area contributed by atoms with E-state index in [0.717, 1.165) is 25.7 Å². The summed E-state index contributed by atoms with van der Waals surface area (Å²) in [5.41, 5.74) is -1.53. The minimum atomic E-state index is -0.831. The average molecular weight is 462 g/mol. The highest BCUT2D eigenvalue weighted by atomic mass is 16.5. The van der Waals surface area contributed by atoms with Crippen LogP contribution in [0.2, 0.25) is 0 Å². The highest BCUT2D eigenvalue weighted by Crippen LogP contribution is 2.23. The zero-order valence-electron chi connectivity index (χ0n) is 19.2. The molecule has 2 aromatic carbocycles. The summed E-state index contributed by atoms with van der Waals surface area (Å²) in [7, 11) is 0. The van der Waals surface area contributed by atoms with Crippen LogP contribution in [0.25, 0.3) is 21.9 Å². The van der Waals surface area contributed by atoms with Crippen molar-refractivity contribution < 1.29 is 23.1 Å². The lowest BCUT2D eigenvalue weighted by molar-refractivity contribution is 0.103. The number of carbonyl (C=O) groups is 1. The lowest BCUT2D eigenvalue weighted by Crippen LogP contribution is -2.20. The third-order valence-corrected chi connectivity index (χ3v) is 5.44. The zero-order valence-corrected chi connectivity index (χ0v) is 19.2. The van der Waals surface area contributed by atoms with Crippen LogP contribution in [0.1, 0.15) is 55.5 Å². The van der Waals surface area contributed by atoms with Crippen LogP contribution in [0.5, 0.6) is 11.5 Å². The summed E-state index contributed by atoms with van der Waals surface area (Å²) in [4.78, 5) is 38.3. The maximum absolute atomic E-state index is 13.1. The van der Waals surface area contributed by atoms with Crippen molar-refractivity contribution in [2.75, 3.05) is 13.2 Å². The van der Waals surface area contributed by atoms with Gasteiger partial charge < -0.3 is 18.3 Å². The summed E-state index contributed by atoms with van der Waals surface area (Å²) >= 11 is 0. The Bertz CT molecular complexity index is 1340. The van der Waals surface area contributed by atoms with Gasteiger partial charge in [-0.25, -0.2) is 9.59 Å². The predicted molar refractivity (Wildman–Crippen MR) is 129 cm³/mol. The second-order valence-electron chi connectivity index (χ2n) is 8.03. The summed E-state index contributed by atoms with van der Waals surface area (Å²) in [6, 6.07) is 13.0. The van der Waals surface area contributed by atoms with Gasteiger partial charge in [0, 0.05) is 22.9 Å². The Morgan fingerprint density at radius 2 is 1.15 bits per heavy atom. The Balaban J connectivity index is 1.64. The Hall–Kier alpha value is -3.87. The molecular weight excluding hydrogens is 436 g/mol. The van der Waals surface area contributed by atoms with Gasteiger partial charge in [-0.3, -0.25) is 4.79 Å². The van der Waals surface area contributed by atoms with Crippen molar-refractivity contribution >= 4 is 27.7 Å². The van der Waals surface area contributed by atoms with E-state index in [1.165, 1.54) is 12.1 Å². The number of rotatable bonds is 10. The van der Waals surface area contributed by atoms with Crippen LogP contribution in [0.3, 0.4) is 0 Å². The molecule has 2 heterocycles. The molecule has 2 aromatic heterocycles. The van der Waals surface area contributed by atoms with Crippen LogP contribution < -0.4 is 20.7 Å². The highest BCUT2D eigenvalue weighted by Gasteiger charge is 2.21. The summed E-state index contributed by atoms with van der Waals surface area (Å²) in [5, 5.41) is 1.09. The molecule has 0 bridgehead atoms. The molecule has 0 saturated heterocycles. The number of ether oxygens (including phenoxy) is 2. The minimum Gasteiger partial charge on any atom is -0.493 e. The van der Waals surface area contributed by atoms with Gasteiger partial charge in [-0.2, -0.15) is 0 Å². The molecular formula is C27H26O7. The fourth-order valence-corrected chi connectivity index (χ4v) is 3.49. The van der Waals surface area contributed by atoms with E-state index in [0.29, 0.717) is 46.7 Å². The SMILES string of the molecule is CCCCOc1ccc2cc(C(=O)c3cc4ccc(OCCCC)cc4oc3=O)c(=O)oc2c1. The Kier molecular flexibility index (Phi) is 7.11. The molecule has 7 heteroatoms. The largest absolute Gasteiger partial charge is 0.493 e. The molecule has 0 aliphatic heterocycles. The molecule has 0 saturated carbocycles. The van der Waals surface area contributed by atoms with Crippen LogP contribution >= 0.6 is 0 Å². The smallest absolute Gasteiger partial charge is 0.347 e. The van der Waals surface area contributed by atoms with Gasteiger partial charge in [0.15, 0.2) is 0 Å². The zero-order chi connectivity index (χ0) is 24.1. The first-order valence-corrected chi connectivity index (χ1v) is 11.5. The second-order valence-corrected chi connectivity index (χ2v) is 8.03. The molecule has 0 unspecified atom stereocenters. The normalized spacial score (nSPS) is 11.1. The van der Waals surface area contributed by atoms with Crippen molar-refractivity contribution in [3.05, 3.63) is 80.5 Å². The van der Waals surface area contributed by atoms with Crippen LogP contribution in [0.4, 0.5) is 0 Å². The van der Waals surface area contributed by atoms with E-state index in [-0.39, 0.29) is 11.1 Å². The molecule has 4 rings (SSSR count). The van der Waals surface area contributed by atoms with Crippen molar-refractivity contribution in [2.45, 2.75) is 39.5 Å². The molecule has 0 aliphatic carbocycles. The van der Waals surface area contributed by atoms with Crippen molar-refractivity contribution in [3.63, 3.8) is 0 Å². The van der Waals surface area contributed by atoms with E-state index in [4.69, 9.17) is 18.3 Å². The molecule has 0 atom stereocenters. The lowest BCUT2D eigenvalue weighted by Gasteiger charge is -2.07. The monoisotopic (exact) mass is 462 g/mol. The van der Waals surface area contributed by atoms with Gasteiger partial charge in [0.2, 0.25) is 5.78 Å². The molecule has 0 amide bonds. The minimum absolute atomic E-state index is 0.238. The van der Waals surface area contributed by atoms with E-state index in [1.807, 2.05) is 0 Å². The first kappa shape index (κ1) is 23.3. The van der Waals surface area contributed by atoms with Crippen molar-refractivity contribution in [1.82, 2.24) is 0 Å². The molecule has 0 fully saturated rings. The van der Waals surface area contributed by atoms with Crippen molar-refractivity contribution in [3.8, 4) is 11.5 Å². The second kappa shape index (κ2) is 10.4. The van der Waals surface area contributed by atoms with Gasteiger partial charge in [-0.15, -0.1) is 0 Å². The standard InChI is InChI=1S/C27H26O7/c1-3-5-11-31-19-9-7-17-13-21(26(29)33-23(17)15-19)25(28)22-14-18-8-10-20(32-12-6-4-2)16-24(18)34-27(22)30/h7-10,13-16H,3-6,11-12H2,1-2H3. The summed E-state index contributed by atoms with van der Waals surface area (Å²) in [6.45, 7) is 5.26. The van der Waals surface area contributed by atoms with Crippen LogP contribution in [-0.4, -0.2) is 19.0 Å². The third-order valence-electron chi connectivity index (χ3n) is 5.44. The third kappa shape index (κ3) is 5.03. The van der Waals surface area contributed by atoms with Gasteiger partial charge in [-0.05, 0) is 49.2 Å². The van der Waals surface area contributed by atoms with Crippen molar-refractivity contribution in [2.24, 2.45) is 0 Å². The topological polar surface area (TPSA) is 96.0 Å². The van der Waals surface area contributed by atoms with Crippen LogP contribution in [-0.2, 0) is 0 Å². The number of benzene rings is 2. The molecule has 34 heavy (non-hydrogen) atoms. The molecule has 176 valence electrons. The predicted octanol–water partition coefficient (Wildman–Crippen LogP) is 5.49. The highest BCUT2D eigenvalue weighted by molar-refractivity contribution is 6.10. The Morgan fingerprint density at radius 1 is 0.706 bits per heavy atom. The van der Waals surface area contributed by atoms with Crippen molar-refractivity contribution in [1.29, 1.82) is 0 Å². The van der Waals surface area contributed by atoms with E-state index < -0.39 is 17.0 Å². The first-order valence-electron chi connectivity index (χ1n) is 11.5. The quantitative estimate of drug-likeness (QED) is 0.175. The summed E-state index contributed by atoms with van der Waals surface area (Å²) < 4.78 is 22.0. The average Bonchev–Trinajstić information content (AvgIpc) is 2.83. The molecule has 0 spiro atoms.